The Labute approximate surface area is 167 Å². The van der Waals surface area contributed by atoms with Gasteiger partial charge in [0.25, 0.3) is 11.8 Å². The first kappa shape index (κ1) is 18.9. The highest BCUT2D eigenvalue weighted by Gasteiger charge is 2.20. The summed E-state index contributed by atoms with van der Waals surface area (Å²) in [6, 6.07) is 13.1. The second-order valence-corrected chi connectivity index (χ2v) is 7.04. The van der Waals surface area contributed by atoms with Gasteiger partial charge in [0.1, 0.15) is 11.5 Å². The topological polar surface area (TPSA) is 67.2 Å². The van der Waals surface area contributed by atoms with Gasteiger partial charge < -0.3 is 10.2 Å². The first-order valence-electron chi connectivity index (χ1n) is 9.55. The van der Waals surface area contributed by atoms with Gasteiger partial charge in [0.15, 0.2) is 0 Å². The van der Waals surface area contributed by atoms with Crippen LogP contribution in [0.25, 0.3) is 5.69 Å². The number of likely N-dealkylation sites (tertiary alicyclic amines) is 1. The lowest BCUT2D eigenvalue weighted by atomic mass is 10.1. The van der Waals surface area contributed by atoms with E-state index in [1.807, 2.05) is 4.90 Å². The van der Waals surface area contributed by atoms with Crippen LogP contribution in [-0.4, -0.2) is 39.6 Å². The Bertz CT molecular complexity index is 1050. The van der Waals surface area contributed by atoms with Crippen LogP contribution in [-0.2, 0) is 0 Å². The summed E-state index contributed by atoms with van der Waals surface area (Å²) in [5.74, 6) is -0.741. The predicted octanol–water partition coefficient (Wildman–Crippen LogP) is 3.81. The number of benzene rings is 2. The van der Waals surface area contributed by atoms with Crippen LogP contribution >= 0.6 is 0 Å². The lowest BCUT2D eigenvalue weighted by Crippen LogP contribution is -2.27. The number of hydrogen-bond acceptors (Lipinski definition) is 3. The van der Waals surface area contributed by atoms with Gasteiger partial charge in [0, 0.05) is 24.3 Å². The van der Waals surface area contributed by atoms with Crippen molar-refractivity contribution in [2.45, 2.75) is 19.8 Å². The molecule has 0 bridgehead atoms. The molecule has 0 radical (unpaired) electrons. The molecule has 1 aliphatic rings. The fourth-order valence-corrected chi connectivity index (χ4v) is 3.50. The molecule has 2 aromatic carbocycles. The molecule has 1 fully saturated rings. The average molecular weight is 392 g/mol. The molecular formula is C22H21FN4O2. The van der Waals surface area contributed by atoms with E-state index in [1.54, 1.807) is 49.4 Å². The number of amides is 2. The average Bonchev–Trinajstić information content (AvgIpc) is 3.39. The third-order valence-corrected chi connectivity index (χ3v) is 5.12. The highest BCUT2D eigenvalue weighted by atomic mass is 19.1. The fourth-order valence-electron chi connectivity index (χ4n) is 3.50. The zero-order chi connectivity index (χ0) is 20.4. The van der Waals surface area contributed by atoms with Crippen molar-refractivity contribution in [1.82, 2.24) is 14.7 Å². The molecule has 0 saturated carbocycles. The van der Waals surface area contributed by atoms with Gasteiger partial charge in [-0.3, -0.25) is 9.59 Å². The van der Waals surface area contributed by atoms with Crippen LogP contribution in [0.2, 0.25) is 0 Å². The first-order valence-corrected chi connectivity index (χ1v) is 9.55. The molecular weight excluding hydrogens is 371 g/mol. The molecule has 0 unspecified atom stereocenters. The van der Waals surface area contributed by atoms with Crippen LogP contribution in [0.1, 0.15) is 39.3 Å². The zero-order valence-corrected chi connectivity index (χ0v) is 16.1. The molecule has 0 aliphatic carbocycles. The minimum Gasteiger partial charge on any atom is -0.339 e. The molecule has 6 nitrogen and oxygen atoms in total. The van der Waals surface area contributed by atoms with Crippen molar-refractivity contribution in [3.63, 3.8) is 0 Å². The van der Waals surface area contributed by atoms with E-state index < -0.39 is 5.82 Å². The maximum Gasteiger partial charge on any atom is 0.259 e. The van der Waals surface area contributed by atoms with Crippen molar-refractivity contribution in [2.24, 2.45) is 0 Å². The van der Waals surface area contributed by atoms with Crippen molar-refractivity contribution >= 4 is 17.5 Å². The highest BCUT2D eigenvalue weighted by Crippen LogP contribution is 2.19. The summed E-state index contributed by atoms with van der Waals surface area (Å²) in [6.07, 6.45) is 3.50. The third kappa shape index (κ3) is 3.76. The van der Waals surface area contributed by atoms with Crippen molar-refractivity contribution in [1.29, 1.82) is 0 Å². The second kappa shape index (κ2) is 7.87. The number of carbonyl (C=O) groups is 2. The number of carbonyl (C=O) groups excluding carboxylic acids is 2. The monoisotopic (exact) mass is 392 g/mol. The lowest BCUT2D eigenvalue weighted by molar-refractivity contribution is 0.0792. The van der Waals surface area contributed by atoms with Crippen LogP contribution in [0.5, 0.6) is 0 Å². The lowest BCUT2D eigenvalue weighted by Gasteiger charge is -2.15. The molecule has 1 N–H and O–H groups in total. The summed E-state index contributed by atoms with van der Waals surface area (Å²) in [5.41, 5.74) is 2.35. The molecule has 2 heterocycles. The summed E-state index contributed by atoms with van der Waals surface area (Å²) >= 11 is 0. The van der Waals surface area contributed by atoms with Crippen molar-refractivity contribution in [3.05, 3.63) is 77.4 Å². The minimum atomic E-state index is -0.413. The number of nitrogens with one attached hydrogen (secondary N) is 1. The van der Waals surface area contributed by atoms with E-state index >= 15 is 0 Å². The molecule has 148 valence electrons. The van der Waals surface area contributed by atoms with E-state index in [2.05, 4.69) is 10.4 Å². The third-order valence-electron chi connectivity index (χ3n) is 5.12. The van der Waals surface area contributed by atoms with Gasteiger partial charge in [0.05, 0.1) is 17.5 Å². The van der Waals surface area contributed by atoms with E-state index in [0.29, 0.717) is 22.5 Å². The summed E-state index contributed by atoms with van der Waals surface area (Å²) in [5, 5.41) is 6.96. The number of anilines is 1. The Balaban J connectivity index is 1.48. The normalized spacial score (nSPS) is 13.5. The van der Waals surface area contributed by atoms with E-state index in [-0.39, 0.29) is 17.5 Å². The molecule has 1 saturated heterocycles. The molecule has 1 aromatic heterocycles. The van der Waals surface area contributed by atoms with Gasteiger partial charge >= 0.3 is 0 Å². The van der Waals surface area contributed by atoms with Gasteiger partial charge in [0.2, 0.25) is 0 Å². The molecule has 0 atom stereocenters. The summed E-state index contributed by atoms with van der Waals surface area (Å²) < 4.78 is 15.4. The quantitative estimate of drug-likeness (QED) is 0.734. The molecule has 1 aliphatic heterocycles. The summed E-state index contributed by atoms with van der Waals surface area (Å²) in [4.78, 5) is 26.9. The van der Waals surface area contributed by atoms with E-state index in [9.17, 15) is 14.0 Å². The van der Waals surface area contributed by atoms with Crippen molar-refractivity contribution in [3.8, 4) is 5.69 Å². The molecule has 0 spiro atoms. The zero-order valence-electron chi connectivity index (χ0n) is 16.1. The second-order valence-electron chi connectivity index (χ2n) is 7.04. The Kier molecular flexibility index (Phi) is 5.12. The van der Waals surface area contributed by atoms with Crippen LogP contribution in [0.4, 0.5) is 10.1 Å². The molecule has 3 aromatic rings. The highest BCUT2D eigenvalue weighted by molar-refractivity contribution is 6.05. The van der Waals surface area contributed by atoms with Gasteiger partial charge in [-0.05, 0) is 56.2 Å². The standard InChI is InChI=1S/C22H21FN4O2/c1-15-18(14-24-27(15)20-7-3-2-6-19(20)23)21(28)25-17-10-8-16(9-11-17)22(29)26-12-4-5-13-26/h2-3,6-11,14H,4-5,12-13H2,1H3,(H,25,28). The number of aromatic nitrogens is 2. The largest absolute Gasteiger partial charge is 0.339 e. The molecule has 4 rings (SSSR count). The van der Waals surface area contributed by atoms with Crippen LogP contribution in [0.3, 0.4) is 0 Å². The Hall–Kier alpha value is -3.48. The van der Waals surface area contributed by atoms with Crippen molar-refractivity contribution < 1.29 is 14.0 Å². The summed E-state index contributed by atoms with van der Waals surface area (Å²) in [7, 11) is 0. The van der Waals surface area contributed by atoms with Gasteiger partial charge in [-0.2, -0.15) is 5.10 Å². The Morgan fingerprint density at radius 3 is 2.41 bits per heavy atom. The predicted molar refractivity (Wildman–Crippen MR) is 108 cm³/mol. The maximum atomic E-state index is 14.0. The number of halogens is 1. The van der Waals surface area contributed by atoms with E-state index in [1.165, 1.54) is 16.9 Å². The van der Waals surface area contributed by atoms with Crippen LogP contribution < -0.4 is 5.32 Å². The number of rotatable bonds is 4. The smallest absolute Gasteiger partial charge is 0.259 e. The Morgan fingerprint density at radius 2 is 1.72 bits per heavy atom. The SMILES string of the molecule is Cc1c(C(=O)Nc2ccc(C(=O)N3CCCC3)cc2)cnn1-c1ccccc1F. The number of para-hydroxylation sites is 1. The van der Waals surface area contributed by atoms with Gasteiger partial charge in [-0.15, -0.1) is 0 Å². The number of hydrogen-bond donors (Lipinski definition) is 1. The van der Waals surface area contributed by atoms with E-state index in [4.69, 9.17) is 0 Å². The Morgan fingerprint density at radius 1 is 1.03 bits per heavy atom. The van der Waals surface area contributed by atoms with Crippen LogP contribution in [0, 0.1) is 12.7 Å². The van der Waals surface area contributed by atoms with Crippen LogP contribution in [0.15, 0.2) is 54.7 Å². The number of nitrogens with zero attached hydrogens (tertiary/aromatic N) is 3. The van der Waals surface area contributed by atoms with E-state index in [0.717, 1.165) is 25.9 Å². The summed E-state index contributed by atoms with van der Waals surface area (Å²) in [6.45, 7) is 3.30. The minimum absolute atomic E-state index is 0.0161. The first-order chi connectivity index (χ1) is 14.0. The van der Waals surface area contributed by atoms with Gasteiger partial charge in [-0.1, -0.05) is 12.1 Å². The molecule has 2 amide bonds. The molecule has 7 heteroatoms. The maximum absolute atomic E-state index is 14.0. The molecule has 29 heavy (non-hydrogen) atoms. The fraction of sp³-hybridized carbons (Fsp3) is 0.227. The van der Waals surface area contributed by atoms with Crippen molar-refractivity contribution in [2.75, 3.05) is 18.4 Å². The van der Waals surface area contributed by atoms with Gasteiger partial charge in [-0.25, -0.2) is 9.07 Å².